The first-order valence-electron chi connectivity index (χ1n) is 8.44. The average molecular weight is 365 g/mol. The van der Waals surface area contributed by atoms with Gasteiger partial charge in [0, 0.05) is 56.5 Å². The molecular formula is C18H19N7S. The van der Waals surface area contributed by atoms with Gasteiger partial charge in [-0.2, -0.15) is 0 Å². The molecule has 0 atom stereocenters. The average Bonchev–Trinajstić information content (AvgIpc) is 2.75. The van der Waals surface area contributed by atoms with Crippen LogP contribution in [0.4, 0.5) is 11.8 Å². The van der Waals surface area contributed by atoms with E-state index in [0.29, 0.717) is 0 Å². The summed E-state index contributed by atoms with van der Waals surface area (Å²) in [4.78, 5) is 26.6. The van der Waals surface area contributed by atoms with Gasteiger partial charge in [-0.05, 0) is 30.5 Å². The summed E-state index contributed by atoms with van der Waals surface area (Å²) in [5.74, 6) is 1.75. The van der Waals surface area contributed by atoms with Crippen molar-refractivity contribution < 1.29 is 0 Å². The van der Waals surface area contributed by atoms with Crippen molar-refractivity contribution in [2.24, 2.45) is 0 Å². The van der Waals surface area contributed by atoms with E-state index in [2.05, 4.69) is 29.7 Å². The van der Waals surface area contributed by atoms with Crippen molar-refractivity contribution in [3.63, 3.8) is 0 Å². The second-order valence-electron chi connectivity index (χ2n) is 5.85. The molecule has 0 bridgehead atoms. The standard InChI is InChI=1S/C18H19N7S/c1-26-18-21-9-5-16(23-18)24-10-12-25(13-11-24)17-20-8-4-15(22-17)14-2-6-19-7-3-14/h2-9H,10-13H2,1H3. The molecule has 1 aliphatic rings. The number of hydrogen-bond donors (Lipinski definition) is 0. The first kappa shape index (κ1) is 16.7. The van der Waals surface area contributed by atoms with Crippen LogP contribution < -0.4 is 9.80 Å². The highest BCUT2D eigenvalue weighted by atomic mass is 32.2. The van der Waals surface area contributed by atoms with Crippen molar-refractivity contribution in [3.05, 3.63) is 49.1 Å². The molecule has 4 rings (SSSR count). The van der Waals surface area contributed by atoms with Crippen molar-refractivity contribution in [1.82, 2.24) is 24.9 Å². The lowest BCUT2D eigenvalue weighted by Crippen LogP contribution is -2.47. The van der Waals surface area contributed by atoms with Crippen LogP contribution in [0.1, 0.15) is 0 Å². The summed E-state index contributed by atoms with van der Waals surface area (Å²) >= 11 is 1.56. The molecular weight excluding hydrogens is 346 g/mol. The summed E-state index contributed by atoms with van der Waals surface area (Å²) < 4.78 is 0. The molecule has 3 aromatic rings. The highest BCUT2D eigenvalue weighted by Gasteiger charge is 2.20. The van der Waals surface area contributed by atoms with E-state index in [0.717, 1.165) is 54.4 Å². The Morgan fingerprint density at radius 1 is 0.808 bits per heavy atom. The normalized spacial score (nSPS) is 14.5. The Morgan fingerprint density at radius 3 is 2.31 bits per heavy atom. The molecule has 4 heterocycles. The highest BCUT2D eigenvalue weighted by Crippen LogP contribution is 2.21. The molecule has 0 amide bonds. The summed E-state index contributed by atoms with van der Waals surface area (Å²) in [7, 11) is 0. The smallest absolute Gasteiger partial charge is 0.225 e. The topological polar surface area (TPSA) is 70.9 Å². The Hall–Kier alpha value is -2.74. The van der Waals surface area contributed by atoms with Crippen molar-refractivity contribution in [1.29, 1.82) is 0 Å². The SMILES string of the molecule is CSc1nccc(N2CCN(c3nccc(-c4ccncc4)n3)CC2)n1. The molecule has 1 saturated heterocycles. The van der Waals surface area contributed by atoms with E-state index < -0.39 is 0 Å². The maximum absolute atomic E-state index is 4.73. The zero-order valence-electron chi connectivity index (χ0n) is 14.5. The first-order chi connectivity index (χ1) is 12.8. The number of anilines is 2. The van der Waals surface area contributed by atoms with Gasteiger partial charge >= 0.3 is 0 Å². The van der Waals surface area contributed by atoms with E-state index in [1.165, 1.54) is 0 Å². The monoisotopic (exact) mass is 365 g/mol. The molecule has 8 heteroatoms. The number of hydrogen-bond acceptors (Lipinski definition) is 8. The Kier molecular flexibility index (Phi) is 4.92. The molecule has 26 heavy (non-hydrogen) atoms. The predicted octanol–water partition coefficient (Wildman–Crippen LogP) is 2.38. The van der Waals surface area contributed by atoms with Crippen LogP contribution in [0.3, 0.4) is 0 Å². The van der Waals surface area contributed by atoms with Crippen LogP contribution in [0.15, 0.2) is 54.2 Å². The fourth-order valence-electron chi connectivity index (χ4n) is 2.93. The maximum Gasteiger partial charge on any atom is 0.225 e. The molecule has 132 valence electrons. The molecule has 3 aromatic heterocycles. The minimum Gasteiger partial charge on any atom is -0.353 e. The zero-order valence-corrected chi connectivity index (χ0v) is 15.3. The van der Waals surface area contributed by atoms with E-state index in [4.69, 9.17) is 4.98 Å². The Morgan fingerprint density at radius 2 is 1.54 bits per heavy atom. The lowest BCUT2D eigenvalue weighted by atomic mass is 10.2. The van der Waals surface area contributed by atoms with Crippen molar-refractivity contribution in [2.45, 2.75) is 5.16 Å². The van der Waals surface area contributed by atoms with Gasteiger partial charge in [-0.15, -0.1) is 0 Å². The van der Waals surface area contributed by atoms with Crippen molar-refractivity contribution in [2.75, 3.05) is 42.2 Å². The Labute approximate surface area is 156 Å². The third-order valence-corrected chi connectivity index (χ3v) is 4.87. The minimum atomic E-state index is 0.770. The van der Waals surface area contributed by atoms with Crippen LogP contribution in [-0.4, -0.2) is 57.4 Å². The summed E-state index contributed by atoms with van der Waals surface area (Å²) in [5, 5.41) is 0.804. The molecule has 0 N–H and O–H groups in total. The Bertz CT molecular complexity index is 866. The summed E-state index contributed by atoms with van der Waals surface area (Å²) in [5.41, 5.74) is 1.97. The number of nitrogens with zero attached hydrogens (tertiary/aromatic N) is 7. The van der Waals surface area contributed by atoms with Gasteiger partial charge in [-0.25, -0.2) is 19.9 Å². The highest BCUT2D eigenvalue weighted by molar-refractivity contribution is 7.98. The zero-order chi connectivity index (χ0) is 17.8. The van der Waals surface area contributed by atoms with Crippen LogP contribution in [0.25, 0.3) is 11.3 Å². The molecule has 1 aliphatic heterocycles. The van der Waals surface area contributed by atoms with Crippen LogP contribution in [0, 0.1) is 0 Å². The molecule has 0 radical (unpaired) electrons. The number of thioether (sulfide) groups is 1. The second-order valence-corrected chi connectivity index (χ2v) is 6.63. The number of rotatable bonds is 4. The molecule has 7 nitrogen and oxygen atoms in total. The molecule has 0 unspecified atom stereocenters. The molecule has 0 aliphatic carbocycles. The van der Waals surface area contributed by atoms with Gasteiger partial charge in [-0.1, -0.05) is 11.8 Å². The number of pyridine rings is 1. The quantitative estimate of drug-likeness (QED) is 0.515. The lowest BCUT2D eigenvalue weighted by Gasteiger charge is -2.35. The second kappa shape index (κ2) is 7.65. The third kappa shape index (κ3) is 3.60. The fourth-order valence-corrected chi connectivity index (χ4v) is 3.28. The summed E-state index contributed by atoms with van der Waals surface area (Å²) in [6.45, 7) is 3.48. The van der Waals surface area contributed by atoms with Crippen LogP contribution >= 0.6 is 11.8 Å². The molecule has 1 fully saturated rings. The van der Waals surface area contributed by atoms with E-state index >= 15 is 0 Å². The van der Waals surface area contributed by atoms with E-state index in [9.17, 15) is 0 Å². The Balaban J connectivity index is 1.46. The van der Waals surface area contributed by atoms with Gasteiger partial charge in [0.1, 0.15) is 5.82 Å². The van der Waals surface area contributed by atoms with Crippen LogP contribution in [0.5, 0.6) is 0 Å². The van der Waals surface area contributed by atoms with Crippen molar-refractivity contribution in [3.8, 4) is 11.3 Å². The van der Waals surface area contributed by atoms with Crippen LogP contribution in [0.2, 0.25) is 0 Å². The third-order valence-electron chi connectivity index (χ3n) is 4.31. The van der Waals surface area contributed by atoms with E-state index in [-0.39, 0.29) is 0 Å². The molecule has 0 saturated carbocycles. The van der Waals surface area contributed by atoms with E-state index in [1.807, 2.05) is 42.9 Å². The summed E-state index contributed by atoms with van der Waals surface area (Å²) in [6.07, 6.45) is 9.19. The molecule has 0 aromatic carbocycles. The van der Waals surface area contributed by atoms with Gasteiger partial charge in [0.15, 0.2) is 5.16 Å². The van der Waals surface area contributed by atoms with Gasteiger partial charge < -0.3 is 9.80 Å². The minimum absolute atomic E-state index is 0.770. The van der Waals surface area contributed by atoms with Gasteiger partial charge in [0.25, 0.3) is 0 Å². The maximum atomic E-state index is 4.73. The predicted molar refractivity (Wildman–Crippen MR) is 104 cm³/mol. The first-order valence-corrected chi connectivity index (χ1v) is 9.66. The summed E-state index contributed by atoms with van der Waals surface area (Å²) in [6, 6.07) is 7.82. The van der Waals surface area contributed by atoms with Crippen LogP contribution in [-0.2, 0) is 0 Å². The van der Waals surface area contributed by atoms with Gasteiger partial charge in [0.2, 0.25) is 5.95 Å². The van der Waals surface area contributed by atoms with Crippen molar-refractivity contribution >= 4 is 23.5 Å². The van der Waals surface area contributed by atoms with Gasteiger partial charge in [-0.3, -0.25) is 4.98 Å². The largest absolute Gasteiger partial charge is 0.353 e. The fraction of sp³-hybridized carbons (Fsp3) is 0.278. The van der Waals surface area contributed by atoms with E-state index in [1.54, 1.807) is 24.2 Å². The molecule has 0 spiro atoms. The number of piperazine rings is 1. The lowest BCUT2D eigenvalue weighted by molar-refractivity contribution is 0.631. The van der Waals surface area contributed by atoms with Gasteiger partial charge in [0.05, 0.1) is 5.69 Å². The number of aromatic nitrogens is 5.